The van der Waals surface area contributed by atoms with Gasteiger partial charge in [0.05, 0.1) is 16.7 Å². The van der Waals surface area contributed by atoms with Crippen LogP contribution in [0.25, 0.3) is 80.7 Å². The van der Waals surface area contributed by atoms with Crippen LogP contribution < -0.4 is 10.6 Å². The van der Waals surface area contributed by atoms with Gasteiger partial charge in [-0.05, 0) is 41.5 Å². The van der Waals surface area contributed by atoms with Gasteiger partial charge in [-0.15, -0.1) is 11.3 Å². The molecule has 4 heterocycles. The van der Waals surface area contributed by atoms with E-state index in [4.69, 9.17) is 9.41 Å². The number of nitrogens with zero attached hydrogens (tertiary/aromatic N) is 2. The first kappa shape index (κ1) is 32.3. The summed E-state index contributed by atoms with van der Waals surface area (Å²) >= 11 is 1.85. The van der Waals surface area contributed by atoms with Crippen LogP contribution in [-0.2, 0) is 0 Å². The molecular weight excluding hydrogens is 717 g/mol. The number of hydrogen-bond acceptors (Lipinski definition) is 5. The Kier molecular flexibility index (Phi) is 7.24. The van der Waals surface area contributed by atoms with Gasteiger partial charge in [0, 0.05) is 58.4 Å². The molecule has 0 saturated heterocycles. The third-order valence-electron chi connectivity index (χ3n) is 11.5. The van der Waals surface area contributed by atoms with Crippen LogP contribution in [0.2, 0.25) is 0 Å². The second-order valence-corrected chi connectivity index (χ2v) is 15.8. The zero-order valence-corrected chi connectivity index (χ0v) is 31.5. The minimum Gasteiger partial charge on any atom is -0.455 e. The fourth-order valence-electron chi connectivity index (χ4n) is 8.90. The third-order valence-corrected chi connectivity index (χ3v) is 12.7. The third kappa shape index (κ3) is 5.08. The van der Waals surface area contributed by atoms with E-state index in [2.05, 4.69) is 185 Å². The molecule has 11 aromatic rings. The predicted molar refractivity (Wildman–Crippen MR) is 238 cm³/mol. The summed E-state index contributed by atoms with van der Waals surface area (Å²) in [6, 6.07) is 64.8. The Morgan fingerprint density at radius 1 is 0.544 bits per heavy atom. The largest absolute Gasteiger partial charge is 0.455 e. The molecule has 0 radical (unpaired) electrons. The summed E-state index contributed by atoms with van der Waals surface area (Å²) < 4.78 is 11.9. The molecule has 1 aliphatic heterocycles. The standard InChI is InChI=1S/C51H34N4OS/c1-3-14-31(15-4-1)49-52-50(32-16-5-2-6-17-32)54-51(53-49)33-28-29-36-37-20-11-21-38(47(37)56-44(36)30-33)39-22-12-23-40-46-43(26-13-27-45(46)57-48(39)40)55-41-24-9-7-18-34(41)35-19-8-10-25-42(35)55/h1-30,49,51,53H,(H,52,54). The molecule has 0 saturated carbocycles. The van der Waals surface area contributed by atoms with Crippen LogP contribution in [0.1, 0.15) is 29.0 Å². The quantitative estimate of drug-likeness (QED) is 0.184. The van der Waals surface area contributed by atoms with Crippen LogP contribution in [-0.4, -0.2) is 10.4 Å². The van der Waals surface area contributed by atoms with Crippen molar-refractivity contribution < 1.29 is 4.42 Å². The summed E-state index contributed by atoms with van der Waals surface area (Å²) in [6.45, 7) is 0. The highest BCUT2D eigenvalue weighted by molar-refractivity contribution is 7.26. The molecular formula is C51H34N4OS. The molecule has 2 unspecified atom stereocenters. The number of thiophene rings is 1. The van der Waals surface area contributed by atoms with Crippen molar-refractivity contribution in [3.8, 4) is 16.8 Å². The number of hydrogen-bond donors (Lipinski definition) is 2. The van der Waals surface area contributed by atoms with Crippen LogP contribution in [0.5, 0.6) is 0 Å². The Morgan fingerprint density at radius 2 is 1.21 bits per heavy atom. The maximum absolute atomic E-state index is 6.90. The number of benzene rings is 8. The van der Waals surface area contributed by atoms with E-state index < -0.39 is 0 Å². The number of amidine groups is 1. The highest BCUT2D eigenvalue weighted by atomic mass is 32.1. The molecule has 0 spiro atoms. The molecule has 8 aromatic carbocycles. The van der Waals surface area contributed by atoms with Crippen molar-refractivity contribution in [1.82, 2.24) is 15.2 Å². The molecule has 6 heteroatoms. The summed E-state index contributed by atoms with van der Waals surface area (Å²) in [7, 11) is 0. The molecule has 12 rings (SSSR count). The first-order valence-electron chi connectivity index (χ1n) is 19.4. The lowest BCUT2D eigenvalue weighted by atomic mass is 9.99. The maximum Gasteiger partial charge on any atom is 0.143 e. The minimum absolute atomic E-state index is 0.112. The molecule has 1 aliphatic rings. The normalized spacial score (nSPS) is 15.9. The Morgan fingerprint density at radius 3 is 2.00 bits per heavy atom. The number of para-hydroxylation sites is 3. The fourth-order valence-corrected chi connectivity index (χ4v) is 10.1. The second kappa shape index (κ2) is 12.8. The molecule has 270 valence electrons. The summed E-state index contributed by atoms with van der Waals surface area (Å²) in [4.78, 5) is 5.19. The smallest absolute Gasteiger partial charge is 0.143 e. The average Bonchev–Trinajstić information content (AvgIpc) is 3.96. The summed E-state index contributed by atoms with van der Waals surface area (Å²) in [5.74, 6) is 0.859. The van der Waals surface area contributed by atoms with E-state index in [-0.39, 0.29) is 12.3 Å². The van der Waals surface area contributed by atoms with Crippen molar-refractivity contribution >= 4 is 81.1 Å². The van der Waals surface area contributed by atoms with Gasteiger partial charge < -0.3 is 14.3 Å². The van der Waals surface area contributed by atoms with Gasteiger partial charge in [0.15, 0.2) is 0 Å². The van der Waals surface area contributed by atoms with Gasteiger partial charge in [-0.2, -0.15) is 0 Å². The van der Waals surface area contributed by atoms with Gasteiger partial charge in [0.1, 0.15) is 29.3 Å². The van der Waals surface area contributed by atoms with Crippen molar-refractivity contribution in [1.29, 1.82) is 0 Å². The van der Waals surface area contributed by atoms with Gasteiger partial charge in [-0.1, -0.05) is 152 Å². The zero-order valence-electron chi connectivity index (χ0n) is 30.7. The van der Waals surface area contributed by atoms with Gasteiger partial charge in [0.25, 0.3) is 0 Å². The van der Waals surface area contributed by atoms with Gasteiger partial charge >= 0.3 is 0 Å². The van der Waals surface area contributed by atoms with Crippen LogP contribution in [0.3, 0.4) is 0 Å². The first-order valence-corrected chi connectivity index (χ1v) is 20.2. The monoisotopic (exact) mass is 750 g/mol. The minimum atomic E-state index is -0.278. The molecule has 2 atom stereocenters. The lowest BCUT2D eigenvalue weighted by Gasteiger charge is -2.32. The summed E-state index contributed by atoms with van der Waals surface area (Å²) in [6.07, 6.45) is -0.390. The van der Waals surface area contributed by atoms with Crippen LogP contribution >= 0.6 is 11.3 Å². The predicted octanol–water partition coefficient (Wildman–Crippen LogP) is 13.1. The molecule has 0 fully saturated rings. The number of nitrogens with one attached hydrogen (secondary N) is 2. The fraction of sp³-hybridized carbons (Fsp3) is 0.0392. The van der Waals surface area contributed by atoms with E-state index >= 15 is 0 Å². The van der Waals surface area contributed by atoms with Crippen molar-refractivity contribution in [2.75, 3.05) is 0 Å². The van der Waals surface area contributed by atoms with E-state index in [1.54, 1.807) is 0 Å². The number of rotatable bonds is 5. The summed E-state index contributed by atoms with van der Waals surface area (Å²) in [5, 5.41) is 14.6. The van der Waals surface area contributed by atoms with Crippen LogP contribution in [0, 0.1) is 0 Å². The lowest BCUT2D eigenvalue weighted by Crippen LogP contribution is -2.44. The van der Waals surface area contributed by atoms with Crippen LogP contribution in [0.15, 0.2) is 191 Å². The maximum atomic E-state index is 6.90. The zero-order chi connectivity index (χ0) is 37.5. The Bertz CT molecular complexity index is 3320. The number of fused-ring (bicyclic) bond motifs is 9. The second-order valence-electron chi connectivity index (χ2n) is 14.7. The van der Waals surface area contributed by atoms with E-state index in [9.17, 15) is 0 Å². The number of furan rings is 1. The number of aromatic nitrogens is 1. The molecule has 5 nitrogen and oxygen atoms in total. The Balaban J connectivity index is 0.999. The van der Waals surface area contributed by atoms with Gasteiger partial charge in [-0.3, -0.25) is 5.32 Å². The molecule has 0 bridgehead atoms. The van der Waals surface area contributed by atoms with Crippen molar-refractivity contribution in [2.45, 2.75) is 12.3 Å². The van der Waals surface area contributed by atoms with Crippen molar-refractivity contribution in [3.05, 3.63) is 199 Å². The van der Waals surface area contributed by atoms with Gasteiger partial charge in [-0.25, -0.2) is 4.99 Å². The lowest BCUT2D eigenvalue weighted by molar-refractivity contribution is 0.409. The average molecular weight is 751 g/mol. The molecule has 0 amide bonds. The van der Waals surface area contributed by atoms with Crippen molar-refractivity contribution in [2.24, 2.45) is 4.99 Å². The van der Waals surface area contributed by atoms with Gasteiger partial charge in [0.2, 0.25) is 0 Å². The molecule has 3 aromatic heterocycles. The van der Waals surface area contributed by atoms with E-state index in [0.717, 1.165) is 50.0 Å². The first-order chi connectivity index (χ1) is 28.3. The summed E-state index contributed by atoms with van der Waals surface area (Å²) in [5.41, 5.74) is 10.9. The topological polar surface area (TPSA) is 54.5 Å². The Hall–Kier alpha value is -6.99. The SMILES string of the molecule is c1ccc(C2=NC(c3ccc4c(c3)oc3c(-c5cccc6c5sc5cccc(-n7c8ccccc8c8ccccc87)c56)cccc34)NC(c3ccccc3)N2)cc1. The highest BCUT2D eigenvalue weighted by Crippen LogP contribution is 2.46. The van der Waals surface area contributed by atoms with Crippen LogP contribution in [0.4, 0.5) is 0 Å². The Labute approximate surface area is 332 Å². The van der Waals surface area contributed by atoms with E-state index in [1.807, 2.05) is 23.5 Å². The van der Waals surface area contributed by atoms with E-state index in [1.165, 1.54) is 53.2 Å². The van der Waals surface area contributed by atoms with E-state index in [0.29, 0.717) is 0 Å². The molecule has 0 aliphatic carbocycles. The highest BCUT2D eigenvalue weighted by Gasteiger charge is 2.26. The van der Waals surface area contributed by atoms with Crippen molar-refractivity contribution in [3.63, 3.8) is 0 Å². The number of aliphatic imine (C=N–C) groups is 1. The molecule has 2 N–H and O–H groups in total. The molecule has 57 heavy (non-hydrogen) atoms.